The fourth-order valence-electron chi connectivity index (χ4n) is 1.89. The van der Waals surface area contributed by atoms with Gasteiger partial charge in [0.15, 0.2) is 6.61 Å². The lowest BCUT2D eigenvalue weighted by Gasteiger charge is -2.08. The molecule has 0 aliphatic rings. The molecule has 2 N–H and O–H groups in total. The first-order valence-electron chi connectivity index (χ1n) is 6.96. The van der Waals surface area contributed by atoms with Crippen LogP contribution in [0.5, 0.6) is 11.5 Å². The molecule has 0 aromatic heterocycles. The molecule has 0 fully saturated rings. The average molecular weight is 333 g/mol. The first kappa shape index (κ1) is 16.8. The largest absolute Gasteiger partial charge is 0.507 e. The minimum absolute atomic E-state index is 0.107. The lowest BCUT2D eigenvalue weighted by atomic mass is 10.1. The molecule has 0 aliphatic heterocycles. The Hall–Kier alpha value is -2.53. The third-order valence-electron chi connectivity index (χ3n) is 3.07. The zero-order chi connectivity index (χ0) is 16.8. The Morgan fingerprint density at radius 2 is 2.09 bits per heavy atom. The molecule has 23 heavy (non-hydrogen) atoms. The number of phenolic OH excluding ortho intramolecular Hbond substituents is 1. The minimum Gasteiger partial charge on any atom is -0.507 e. The Labute approximate surface area is 139 Å². The van der Waals surface area contributed by atoms with E-state index < -0.39 is 5.91 Å². The molecule has 0 aliphatic carbocycles. The monoisotopic (exact) mass is 332 g/mol. The summed E-state index contributed by atoms with van der Waals surface area (Å²) in [6.07, 6.45) is 1.38. The van der Waals surface area contributed by atoms with Crippen molar-refractivity contribution < 1.29 is 14.6 Å². The van der Waals surface area contributed by atoms with Crippen LogP contribution in [0.1, 0.15) is 16.7 Å². The fraction of sp³-hybridized carbons (Fsp3) is 0.176. The van der Waals surface area contributed by atoms with Gasteiger partial charge in [-0.1, -0.05) is 17.7 Å². The number of ether oxygens (including phenoxy) is 1. The molecular weight excluding hydrogens is 316 g/mol. The summed E-state index contributed by atoms with van der Waals surface area (Å²) in [6, 6.07) is 10.3. The van der Waals surface area contributed by atoms with E-state index in [4.69, 9.17) is 16.3 Å². The molecule has 0 bridgehead atoms. The number of hydrogen-bond donors (Lipinski definition) is 2. The number of aryl methyl sites for hydroxylation is 2. The smallest absolute Gasteiger partial charge is 0.277 e. The van der Waals surface area contributed by atoms with Crippen LogP contribution in [-0.2, 0) is 4.79 Å². The van der Waals surface area contributed by atoms with Gasteiger partial charge in [-0.3, -0.25) is 4.79 Å². The molecule has 0 unspecified atom stereocenters. The number of phenols is 1. The SMILES string of the molecule is Cc1ccc(/C=N\NC(=O)COc2ccc(Cl)cc2C)c(O)c1. The van der Waals surface area contributed by atoms with Crippen LogP contribution < -0.4 is 10.2 Å². The van der Waals surface area contributed by atoms with Crippen LogP contribution in [0.2, 0.25) is 5.02 Å². The topological polar surface area (TPSA) is 70.9 Å². The molecule has 1 amide bonds. The van der Waals surface area contributed by atoms with Gasteiger partial charge in [0.1, 0.15) is 11.5 Å². The van der Waals surface area contributed by atoms with Crippen molar-refractivity contribution in [3.63, 3.8) is 0 Å². The van der Waals surface area contributed by atoms with Crippen LogP contribution >= 0.6 is 11.6 Å². The highest BCUT2D eigenvalue weighted by Crippen LogP contribution is 2.21. The van der Waals surface area contributed by atoms with Crippen LogP contribution in [0.15, 0.2) is 41.5 Å². The first-order valence-corrected chi connectivity index (χ1v) is 7.34. The molecule has 0 radical (unpaired) electrons. The zero-order valence-electron chi connectivity index (χ0n) is 12.8. The number of nitrogens with one attached hydrogen (secondary N) is 1. The number of benzene rings is 2. The highest BCUT2D eigenvalue weighted by Gasteiger charge is 2.05. The average Bonchev–Trinajstić information content (AvgIpc) is 2.48. The predicted octanol–water partition coefficient (Wildman–Crippen LogP) is 3.19. The Kier molecular flexibility index (Phi) is 5.60. The van der Waals surface area contributed by atoms with E-state index in [0.717, 1.165) is 11.1 Å². The van der Waals surface area contributed by atoms with E-state index in [9.17, 15) is 9.90 Å². The molecule has 2 rings (SSSR count). The van der Waals surface area contributed by atoms with E-state index in [0.29, 0.717) is 16.3 Å². The Balaban J connectivity index is 1.86. The van der Waals surface area contributed by atoms with Crippen molar-refractivity contribution in [2.75, 3.05) is 6.61 Å². The van der Waals surface area contributed by atoms with Crippen molar-refractivity contribution in [3.8, 4) is 11.5 Å². The molecule has 0 spiro atoms. The number of carbonyl (C=O) groups excluding carboxylic acids is 1. The van der Waals surface area contributed by atoms with E-state index >= 15 is 0 Å². The standard InChI is InChI=1S/C17H17ClN2O3/c1-11-3-4-13(15(21)7-11)9-19-20-17(22)10-23-16-6-5-14(18)8-12(16)2/h3-9,21H,10H2,1-2H3,(H,20,22)/b19-9-. The van der Waals surface area contributed by atoms with Crippen molar-refractivity contribution >= 4 is 23.7 Å². The van der Waals surface area contributed by atoms with Crippen LogP contribution in [0.3, 0.4) is 0 Å². The Bertz CT molecular complexity index is 745. The second kappa shape index (κ2) is 7.65. The van der Waals surface area contributed by atoms with Gasteiger partial charge >= 0.3 is 0 Å². The first-order chi connectivity index (χ1) is 11.0. The van der Waals surface area contributed by atoms with Crippen LogP contribution in [0, 0.1) is 13.8 Å². The van der Waals surface area contributed by atoms with E-state index in [1.165, 1.54) is 6.21 Å². The number of carbonyl (C=O) groups is 1. The quantitative estimate of drug-likeness (QED) is 0.652. The minimum atomic E-state index is -0.401. The molecular formula is C17H17ClN2O3. The lowest BCUT2D eigenvalue weighted by molar-refractivity contribution is -0.123. The molecule has 0 heterocycles. The maximum absolute atomic E-state index is 11.7. The van der Waals surface area contributed by atoms with Crippen molar-refractivity contribution in [3.05, 3.63) is 58.1 Å². The van der Waals surface area contributed by atoms with E-state index in [1.54, 1.807) is 30.3 Å². The van der Waals surface area contributed by atoms with Gasteiger partial charge in [-0.05, 0) is 55.3 Å². The van der Waals surface area contributed by atoms with Gasteiger partial charge in [-0.25, -0.2) is 5.43 Å². The predicted molar refractivity (Wildman–Crippen MR) is 90.3 cm³/mol. The van der Waals surface area contributed by atoms with Crippen molar-refractivity contribution in [2.45, 2.75) is 13.8 Å². The third-order valence-corrected chi connectivity index (χ3v) is 3.31. The van der Waals surface area contributed by atoms with Crippen LogP contribution in [0.4, 0.5) is 0 Å². The number of rotatable bonds is 5. The molecule has 0 atom stereocenters. The normalized spacial score (nSPS) is 10.7. The number of hydrogen-bond acceptors (Lipinski definition) is 4. The summed E-state index contributed by atoms with van der Waals surface area (Å²) in [6.45, 7) is 3.55. The fourth-order valence-corrected chi connectivity index (χ4v) is 2.11. The number of nitrogens with zero attached hydrogens (tertiary/aromatic N) is 1. The highest BCUT2D eigenvalue weighted by molar-refractivity contribution is 6.30. The van der Waals surface area contributed by atoms with Crippen molar-refractivity contribution in [2.24, 2.45) is 5.10 Å². The Morgan fingerprint density at radius 3 is 2.78 bits per heavy atom. The summed E-state index contributed by atoms with van der Waals surface area (Å²) in [5, 5.41) is 14.1. The second-order valence-electron chi connectivity index (χ2n) is 5.05. The van der Waals surface area contributed by atoms with Gasteiger partial charge in [0.2, 0.25) is 0 Å². The molecule has 0 saturated carbocycles. The summed E-state index contributed by atoms with van der Waals surface area (Å²) >= 11 is 5.85. The van der Waals surface area contributed by atoms with Crippen LogP contribution in [-0.4, -0.2) is 23.8 Å². The van der Waals surface area contributed by atoms with E-state index in [1.807, 2.05) is 19.9 Å². The molecule has 2 aromatic rings. The maximum Gasteiger partial charge on any atom is 0.277 e. The molecule has 6 heteroatoms. The zero-order valence-corrected chi connectivity index (χ0v) is 13.6. The number of aromatic hydroxyl groups is 1. The van der Waals surface area contributed by atoms with Gasteiger partial charge < -0.3 is 9.84 Å². The summed E-state index contributed by atoms with van der Waals surface area (Å²) in [5.74, 6) is 0.294. The summed E-state index contributed by atoms with van der Waals surface area (Å²) in [5.41, 5.74) is 4.65. The summed E-state index contributed by atoms with van der Waals surface area (Å²) in [7, 11) is 0. The van der Waals surface area contributed by atoms with Gasteiger partial charge in [-0.2, -0.15) is 5.10 Å². The van der Waals surface area contributed by atoms with Crippen molar-refractivity contribution in [1.29, 1.82) is 0 Å². The summed E-state index contributed by atoms with van der Waals surface area (Å²) < 4.78 is 5.40. The number of amides is 1. The van der Waals surface area contributed by atoms with Crippen molar-refractivity contribution in [1.82, 2.24) is 5.43 Å². The molecule has 0 saturated heterocycles. The highest BCUT2D eigenvalue weighted by atomic mass is 35.5. The van der Waals surface area contributed by atoms with Gasteiger partial charge in [0, 0.05) is 10.6 Å². The van der Waals surface area contributed by atoms with Crippen LogP contribution in [0.25, 0.3) is 0 Å². The molecule has 5 nitrogen and oxygen atoms in total. The maximum atomic E-state index is 11.7. The van der Waals surface area contributed by atoms with Gasteiger partial charge in [0.05, 0.1) is 6.21 Å². The molecule has 2 aromatic carbocycles. The third kappa shape index (κ3) is 5.00. The molecule has 120 valence electrons. The lowest BCUT2D eigenvalue weighted by Crippen LogP contribution is -2.24. The second-order valence-corrected chi connectivity index (χ2v) is 5.49. The number of hydrazone groups is 1. The summed E-state index contributed by atoms with van der Waals surface area (Å²) in [4.78, 5) is 11.7. The number of halogens is 1. The van der Waals surface area contributed by atoms with E-state index in [-0.39, 0.29) is 12.4 Å². The Morgan fingerprint density at radius 1 is 1.30 bits per heavy atom. The van der Waals surface area contributed by atoms with E-state index in [2.05, 4.69) is 10.5 Å². The van der Waals surface area contributed by atoms with Gasteiger partial charge in [0.25, 0.3) is 5.91 Å². The van der Waals surface area contributed by atoms with Gasteiger partial charge in [-0.15, -0.1) is 0 Å².